The number of thioether (sulfide) groups is 1. The summed E-state index contributed by atoms with van der Waals surface area (Å²) < 4.78 is 7.97. The fraction of sp³-hybridized carbons (Fsp3) is 0.333. The van der Waals surface area contributed by atoms with Crippen molar-refractivity contribution in [2.75, 3.05) is 5.75 Å². The smallest absolute Gasteiger partial charge is 0.230 e. The summed E-state index contributed by atoms with van der Waals surface area (Å²) in [6.07, 6.45) is 5.14. The molecule has 0 saturated heterocycles. The average Bonchev–Trinajstić information content (AvgIpc) is 3.17. The Morgan fingerprint density at radius 1 is 1.24 bits per heavy atom. The molecule has 1 aliphatic rings. The minimum Gasteiger partial charge on any atom is -0.474 e. The maximum Gasteiger partial charge on any atom is 0.230 e. The number of amides is 1. The van der Waals surface area contributed by atoms with Crippen LogP contribution >= 0.6 is 23.1 Å². The third kappa shape index (κ3) is 5.25. The fourth-order valence-electron chi connectivity index (χ4n) is 3.32. The van der Waals surface area contributed by atoms with E-state index in [0.717, 1.165) is 40.2 Å². The molecule has 0 unspecified atom stereocenters. The Kier molecular flexibility index (Phi) is 6.27. The van der Waals surface area contributed by atoms with Crippen molar-refractivity contribution in [1.29, 1.82) is 5.26 Å². The summed E-state index contributed by atoms with van der Waals surface area (Å²) >= 11 is 3.11. The second-order valence-electron chi connectivity index (χ2n) is 6.89. The van der Waals surface area contributed by atoms with Crippen LogP contribution in [0.25, 0.3) is 10.2 Å². The molecule has 2 heterocycles. The third-order valence-electron chi connectivity index (χ3n) is 4.79. The Hall–Kier alpha value is -2.63. The largest absolute Gasteiger partial charge is 0.474 e. The van der Waals surface area contributed by atoms with E-state index in [1.165, 1.54) is 18.0 Å². The summed E-state index contributed by atoms with van der Waals surface area (Å²) in [5.74, 6) is 0.974. The highest BCUT2D eigenvalue weighted by molar-refractivity contribution is 8.01. The van der Waals surface area contributed by atoms with Gasteiger partial charge in [0.05, 0.1) is 21.5 Å². The zero-order valence-electron chi connectivity index (χ0n) is 15.7. The molecule has 148 valence electrons. The Morgan fingerprint density at radius 3 is 2.79 bits per heavy atom. The number of hydrogen-bond donors (Lipinski definition) is 1. The molecule has 1 amide bonds. The van der Waals surface area contributed by atoms with Crippen LogP contribution < -0.4 is 10.1 Å². The van der Waals surface area contributed by atoms with Gasteiger partial charge < -0.3 is 10.1 Å². The summed E-state index contributed by atoms with van der Waals surface area (Å²) in [5, 5.41) is 11.9. The number of thiazole rings is 1. The van der Waals surface area contributed by atoms with E-state index in [0.29, 0.717) is 17.2 Å². The second-order valence-corrected chi connectivity index (χ2v) is 9.15. The number of rotatable bonds is 6. The van der Waals surface area contributed by atoms with Gasteiger partial charge in [-0.15, -0.1) is 11.3 Å². The number of ether oxygens (including phenoxy) is 1. The molecular formula is C21H20N4O2S2. The van der Waals surface area contributed by atoms with Crippen LogP contribution in [0, 0.1) is 11.3 Å². The molecule has 1 saturated carbocycles. The first kappa shape index (κ1) is 19.7. The lowest BCUT2D eigenvalue weighted by Crippen LogP contribution is -2.40. The first-order valence-electron chi connectivity index (χ1n) is 9.50. The van der Waals surface area contributed by atoms with Crippen LogP contribution in [0.15, 0.2) is 46.9 Å². The zero-order chi connectivity index (χ0) is 20.1. The molecule has 29 heavy (non-hydrogen) atoms. The summed E-state index contributed by atoms with van der Waals surface area (Å²) in [4.78, 5) is 21.0. The Balaban J connectivity index is 1.19. The summed E-state index contributed by atoms with van der Waals surface area (Å²) in [6.45, 7) is 0. The molecule has 6 nitrogen and oxygen atoms in total. The number of carbonyl (C=O) groups is 1. The summed E-state index contributed by atoms with van der Waals surface area (Å²) in [6, 6.07) is 13.7. The van der Waals surface area contributed by atoms with Crippen molar-refractivity contribution < 1.29 is 9.53 Å². The van der Waals surface area contributed by atoms with Gasteiger partial charge in [0, 0.05) is 18.3 Å². The third-order valence-corrected chi connectivity index (χ3v) is 6.97. The normalized spacial score (nSPS) is 18.9. The number of pyridine rings is 1. The van der Waals surface area contributed by atoms with Gasteiger partial charge >= 0.3 is 0 Å². The highest BCUT2D eigenvalue weighted by atomic mass is 32.2. The molecule has 0 atom stereocenters. The molecule has 3 aromatic rings. The number of nitrogens with one attached hydrogen (secondary N) is 1. The molecule has 0 aliphatic heterocycles. The van der Waals surface area contributed by atoms with E-state index in [4.69, 9.17) is 10.00 Å². The Bertz CT molecular complexity index is 988. The van der Waals surface area contributed by atoms with Gasteiger partial charge in [0.15, 0.2) is 4.34 Å². The van der Waals surface area contributed by atoms with Gasteiger partial charge in [0.25, 0.3) is 0 Å². The maximum atomic E-state index is 12.3. The van der Waals surface area contributed by atoms with E-state index in [9.17, 15) is 4.79 Å². The van der Waals surface area contributed by atoms with Crippen LogP contribution in [-0.4, -0.2) is 33.8 Å². The minimum atomic E-state index is 0.0485. The molecular weight excluding hydrogens is 404 g/mol. The number of carbonyl (C=O) groups excluding carboxylic acids is 1. The van der Waals surface area contributed by atoms with E-state index in [1.54, 1.807) is 23.5 Å². The Labute approximate surface area is 177 Å². The number of hydrogen-bond acceptors (Lipinski definition) is 7. The topological polar surface area (TPSA) is 87.9 Å². The van der Waals surface area contributed by atoms with Crippen molar-refractivity contribution in [3.05, 3.63) is 48.2 Å². The van der Waals surface area contributed by atoms with E-state index < -0.39 is 0 Å². The highest BCUT2D eigenvalue weighted by Gasteiger charge is 2.24. The number of benzene rings is 1. The average molecular weight is 425 g/mol. The van der Waals surface area contributed by atoms with Gasteiger partial charge in [-0.1, -0.05) is 23.9 Å². The SMILES string of the molecule is N#Cc1ccc(OC2CCC(NC(=O)CSc3nc4ccccc4s3)CC2)nc1. The zero-order valence-corrected chi connectivity index (χ0v) is 17.3. The van der Waals surface area contributed by atoms with E-state index in [2.05, 4.69) is 15.3 Å². The van der Waals surface area contributed by atoms with Crippen LogP contribution in [0.3, 0.4) is 0 Å². The lowest BCUT2D eigenvalue weighted by Gasteiger charge is -2.29. The van der Waals surface area contributed by atoms with Gasteiger partial charge in [-0.05, 0) is 43.9 Å². The quantitative estimate of drug-likeness (QED) is 0.598. The maximum absolute atomic E-state index is 12.3. The molecule has 1 aromatic carbocycles. The van der Waals surface area contributed by atoms with Crippen molar-refractivity contribution in [3.8, 4) is 11.9 Å². The lowest BCUT2D eigenvalue weighted by molar-refractivity contribution is -0.119. The van der Waals surface area contributed by atoms with E-state index >= 15 is 0 Å². The van der Waals surface area contributed by atoms with Crippen LogP contribution in [0.1, 0.15) is 31.2 Å². The first-order valence-corrected chi connectivity index (χ1v) is 11.3. The van der Waals surface area contributed by atoms with Crippen LogP contribution in [0.5, 0.6) is 5.88 Å². The molecule has 1 N–H and O–H groups in total. The Morgan fingerprint density at radius 2 is 2.07 bits per heavy atom. The number of nitriles is 1. The molecule has 0 spiro atoms. The molecule has 8 heteroatoms. The predicted octanol–water partition coefficient (Wildman–Crippen LogP) is 4.16. The van der Waals surface area contributed by atoms with Gasteiger partial charge in [-0.25, -0.2) is 9.97 Å². The molecule has 2 aromatic heterocycles. The first-order chi connectivity index (χ1) is 14.2. The number of aromatic nitrogens is 2. The number of fused-ring (bicyclic) bond motifs is 1. The summed E-state index contributed by atoms with van der Waals surface area (Å²) in [7, 11) is 0. The van der Waals surface area contributed by atoms with Crippen LogP contribution in [-0.2, 0) is 4.79 Å². The van der Waals surface area contributed by atoms with Crippen molar-refractivity contribution >= 4 is 39.2 Å². The molecule has 1 aliphatic carbocycles. The molecule has 0 radical (unpaired) electrons. The van der Waals surface area contributed by atoms with Crippen molar-refractivity contribution in [2.24, 2.45) is 0 Å². The molecule has 1 fully saturated rings. The number of para-hydroxylation sites is 1. The molecule has 4 rings (SSSR count). The molecule has 0 bridgehead atoms. The van der Waals surface area contributed by atoms with Crippen LogP contribution in [0.2, 0.25) is 0 Å². The summed E-state index contributed by atoms with van der Waals surface area (Å²) in [5.41, 5.74) is 1.50. The van der Waals surface area contributed by atoms with Gasteiger partial charge in [0.1, 0.15) is 12.2 Å². The monoisotopic (exact) mass is 424 g/mol. The van der Waals surface area contributed by atoms with Crippen molar-refractivity contribution in [3.63, 3.8) is 0 Å². The van der Waals surface area contributed by atoms with Crippen molar-refractivity contribution in [2.45, 2.75) is 42.2 Å². The van der Waals surface area contributed by atoms with Gasteiger partial charge in [0.2, 0.25) is 11.8 Å². The van der Waals surface area contributed by atoms with Crippen LogP contribution in [0.4, 0.5) is 0 Å². The highest BCUT2D eigenvalue weighted by Crippen LogP contribution is 2.29. The standard InChI is InChI=1S/C21H20N4O2S2/c22-11-14-5-10-20(23-12-14)27-16-8-6-15(7-9-16)24-19(26)13-28-21-25-17-3-1-2-4-18(17)29-21/h1-5,10,12,15-16H,6-9,13H2,(H,24,26). The number of nitrogens with zero attached hydrogens (tertiary/aromatic N) is 3. The van der Waals surface area contributed by atoms with Gasteiger partial charge in [-0.3, -0.25) is 4.79 Å². The lowest BCUT2D eigenvalue weighted by atomic mass is 9.93. The second kappa shape index (κ2) is 9.25. The van der Waals surface area contributed by atoms with Gasteiger partial charge in [-0.2, -0.15) is 5.26 Å². The van der Waals surface area contributed by atoms with Crippen molar-refractivity contribution in [1.82, 2.24) is 15.3 Å². The predicted molar refractivity (Wildman–Crippen MR) is 114 cm³/mol. The van der Waals surface area contributed by atoms with E-state index in [1.807, 2.05) is 30.3 Å². The van der Waals surface area contributed by atoms with E-state index in [-0.39, 0.29) is 18.1 Å². The fourth-order valence-corrected chi connectivity index (χ4v) is 5.20. The minimum absolute atomic E-state index is 0.0485.